The number of amides is 1. The van der Waals surface area contributed by atoms with Crippen LogP contribution in [-0.2, 0) is 35.3 Å². The van der Waals surface area contributed by atoms with Gasteiger partial charge in [-0.2, -0.15) is 0 Å². The summed E-state index contributed by atoms with van der Waals surface area (Å²) in [6, 6.07) is 9.99. The van der Waals surface area contributed by atoms with Crippen LogP contribution in [0.3, 0.4) is 0 Å². The van der Waals surface area contributed by atoms with E-state index in [9.17, 15) is 22.3 Å². The molecule has 2 atom stereocenters. The van der Waals surface area contributed by atoms with Crippen molar-refractivity contribution in [2.45, 2.75) is 32.2 Å². The van der Waals surface area contributed by atoms with Crippen LogP contribution >= 0.6 is 11.3 Å². The molecule has 0 saturated carbocycles. The minimum Gasteiger partial charge on any atom is -0.755 e. The molecule has 1 heterocycles. The molecule has 0 radical (unpaired) electrons. The Morgan fingerprint density at radius 3 is 2.61 bits per heavy atom. The van der Waals surface area contributed by atoms with Crippen LogP contribution in [0.15, 0.2) is 47.8 Å². The SMILES string of the molecule is CCc1csc([C@H](Cc2ccc(NS(=O)[O-])cc2)NC(=O)Cc2cccc(F)c2F)n1. The number of hydrogen-bond donors (Lipinski definition) is 2. The Morgan fingerprint density at radius 1 is 1.23 bits per heavy atom. The molecule has 0 aliphatic carbocycles. The fraction of sp³-hybridized carbons (Fsp3) is 0.238. The molecule has 1 amide bonds. The summed E-state index contributed by atoms with van der Waals surface area (Å²) in [6.45, 7) is 1.98. The van der Waals surface area contributed by atoms with Crippen molar-refractivity contribution in [3.05, 3.63) is 81.3 Å². The van der Waals surface area contributed by atoms with Gasteiger partial charge >= 0.3 is 0 Å². The molecule has 3 aromatic rings. The molecular weight excluding hydrogens is 444 g/mol. The second kappa shape index (κ2) is 10.6. The zero-order chi connectivity index (χ0) is 22.4. The van der Waals surface area contributed by atoms with Crippen molar-refractivity contribution >= 4 is 34.2 Å². The molecule has 2 aromatic carbocycles. The number of carbonyl (C=O) groups excluding carboxylic acids is 1. The molecule has 6 nitrogen and oxygen atoms in total. The molecular formula is C21H20F2N3O3S2-. The van der Waals surface area contributed by atoms with E-state index in [1.165, 1.54) is 23.5 Å². The van der Waals surface area contributed by atoms with Crippen LogP contribution in [-0.4, -0.2) is 19.7 Å². The monoisotopic (exact) mass is 464 g/mol. The molecule has 31 heavy (non-hydrogen) atoms. The first-order valence-corrected chi connectivity index (χ1v) is 11.4. The van der Waals surface area contributed by atoms with Crippen molar-refractivity contribution in [1.29, 1.82) is 0 Å². The van der Waals surface area contributed by atoms with Gasteiger partial charge in [-0.25, -0.2) is 13.8 Å². The fourth-order valence-electron chi connectivity index (χ4n) is 2.99. The lowest BCUT2D eigenvalue weighted by Crippen LogP contribution is -2.31. The fourth-order valence-corrected chi connectivity index (χ4v) is 4.27. The lowest BCUT2D eigenvalue weighted by Gasteiger charge is -2.18. The van der Waals surface area contributed by atoms with Gasteiger partial charge in [-0.3, -0.25) is 9.00 Å². The van der Waals surface area contributed by atoms with Crippen LogP contribution < -0.4 is 10.0 Å². The summed E-state index contributed by atoms with van der Waals surface area (Å²) < 4.78 is 51.1. The molecule has 0 aliphatic rings. The largest absolute Gasteiger partial charge is 0.755 e. The summed E-state index contributed by atoms with van der Waals surface area (Å²) in [6.07, 6.45) is 0.845. The summed E-state index contributed by atoms with van der Waals surface area (Å²) in [5.41, 5.74) is 2.14. The predicted molar refractivity (Wildman–Crippen MR) is 115 cm³/mol. The van der Waals surface area contributed by atoms with E-state index < -0.39 is 34.8 Å². The number of aromatic nitrogens is 1. The maximum Gasteiger partial charge on any atom is 0.225 e. The van der Waals surface area contributed by atoms with E-state index in [-0.39, 0.29) is 12.0 Å². The number of benzene rings is 2. The van der Waals surface area contributed by atoms with Gasteiger partial charge in [-0.05, 0) is 36.6 Å². The van der Waals surface area contributed by atoms with Gasteiger partial charge in [0.25, 0.3) is 0 Å². The average Bonchev–Trinajstić information content (AvgIpc) is 3.21. The van der Waals surface area contributed by atoms with E-state index in [1.807, 2.05) is 12.3 Å². The van der Waals surface area contributed by atoms with Crippen LogP contribution in [0.4, 0.5) is 14.5 Å². The second-order valence-corrected chi connectivity index (χ2v) is 8.34. The van der Waals surface area contributed by atoms with E-state index >= 15 is 0 Å². The molecule has 0 aliphatic heterocycles. The molecule has 0 fully saturated rings. The molecule has 164 valence electrons. The highest BCUT2D eigenvalue weighted by molar-refractivity contribution is 7.80. The average molecular weight is 465 g/mol. The first-order chi connectivity index (χ1) is 14.9. The van der Waals surface area contributed by atoms with Gasteiger partial charge < -0.3 is 14.6 Å². The summed E-state index contributed by atoms with van der Waals surface area (Å²) in [7, 11) is 0. The van der Waals surface area contributed by atoms with Gasteiger partial charge in [-0.15, -0.1) is 11.3 Å². The maximum atomic E-state index is 13.9. The summed E-state index contributed by atoms with van der Waals surface area (Å²) >= 11 is -1.00. The number of thiazole rings is 1. The van der Waals surface area contributed by atoms with Gasteiger partial charge in [0.15, 0.2) is 11.6 Å². The van der Waals surface area contributed by atoms with E-state index in [4.69, 9.17) is 0 Å². The number of aryl methyl sites for hydroxylation is 1. The quantitative estimate of drug-likeness (QED) is 0.471. The highest BCUT2D eigenvalue weighted by atomic mass is 32.2. The van der Waals surface area contributed by atoms with Gasteiger partial charge in [-0.1, -0.05) is 31.2 Å². The topological polar surface area (TPSA) is 94.1 Å². The first kappa shape index (κ1) is 23.0. The zero-order valence-corrected chi connectivity index (χ0v) is 18.2. The van der Waals surface area contributed by atoms with Crippen molar-refractivity contribution < 1.29 is 22.3 Å². The Kier molecular flexibility index (Phi) is 7.83. The van der Waals surface area contributed by atoms with Crippen molar-refractivity contribution in [1.82, 2.24) is 10.3 Å². The summed E-state index contributed by atoms with van der Waals surface area (Å²) in [5.74, 6) is -2.49. The third-order valence-corrected chi connectivity index (χ3v) is 5.95. The normalized spacial score (nSPS) is 12.9. The summed E-state index contributed by atoms with van der Waals surface area (Å²) in [5, 5.41) is 5.48. The number of halogens is 2. The van der Waals surface area contributed by atoms with Crippen molar-refractivity contribution in [2.24, 2.45) is 0 Å². The van der Waals surface area contributed by atoms with Crippen LogP contribution in [0.5, 0.6) is 0 Å². The molecule has 1 unspecified atom stereocenters. The van der Waals surface area contributed by atoms with Gasteiger partial charge in [0.1, 0.15) is 5.01 Å². The third kappa shape index (κ3) is 6.39. The van der Waals surface area contributed by atoms with E-state index in [2.05, 4.69) is 15.0 Å². The van der Waals surface area contributed by atoms with Crippen molar-refractivity contribution in [3.8, 4) is 0 Å². The molecule has 0 bridgehead atoms. The van der Waals surface area contributed by atoms with Crippen molar-refractivity contribution in [3.63, 3.8) is 0 Å². The van der Waals surface area contributed by atoms with E-state index in [1.54, 1.807) is 24.3 Å². The Labute approximate surface area is 185 Å². The number of hydrogen-bond acceptors (Lipinski definition) is 5. The molecule has 1 aromatic heterocycles. The highest BCUT2D eigenvalue weighted by Crippen LogP contribution is 2.24. The predicted octanol–water partition coefficient (Wildman–Crippen LogP) is 3.83. The minimum atomic E-state index is -2.42. The second-order valence-electron chi connectivity index (χ2n) is 6.78. The molecule has 0 spiro atoms. The maximum absolute atomic E-state index is 13.9. The van der Waals surface area contributed by atoms with Gasteiger partial charge in [0, 0.05) is 27.9 Å². The Hall–Kier alpha value is -2.69. The first-order valence-electron chi connectivity index (χ1n) is 9.47. The molecule has 0 saturated heterocycles. The lowest BCUT2D eigenvalue weighted by atomic mass is 10.0. The Bertz CT molecular complexity index is 1070. The summed E-state index contributed by atoms with van der Waals surface area (Å²) in [4.78, 5) is 17.1. The minimum absolute atomic E-state index is 0.0225. The van der Waals surface area contributed by atoms with Crippen LogP contribution in [0.25, 0.3) is 0 Å². The third-order valence-electron chi connectivity index (χ3n) is 4.54. The molecule has 10 heteroatoms. The van der Waals surface area contributed by atoms with Crippen LogP contribution in [0.1, 0.15) is 34.8 Å². The van der Waals surface area contributed by atoms with Gasteiger partial charge in [0.2, 0.25) is 5.91 Å². The lowest BCUT2D eigenvalue weighted by molar-refractivity contribution is -0.121. The van der Waals surface area contributed by atoms with Gasteiger partial charge in [0.05, 0.1) is 18.2 Å². The number of nitrogens with one attached hydrogen (secondary N) is 2. The highest BCUT2D eigenvalue weighted by Gasteiger charge is 2.20. The van der Waals surface area contributed by atoms with Crippen LogP contribution in [0.2, 0.25) is 0 Å². The molecule has 3 rings (SSSR count). The number of rotatable bonds is 9. The number of carbonyl (C=O) groups is 1. The Morgan fingerprint density at radius 2 is 1.97 bits per heavy atom. The Balaban J connectivity index is 1.77. The number of nitrogens with zero attached hydrogens (tertiary/aromatic N) is 1. The number of anilines is 1. The smallest absolute Gasteiger partial charge is 0.225 e. The zero-order valence-electron chi connectivity index (χ0n) is 16.6. The van der Waals surface area contributed by atoms with E-state index in [0.717, 1.165) is 23.7 Å². The standard InChI is InChI=1S/C21H21F2N3O3S2/c1-2-15-12-30-21(24-15)18(10-13-6-8-16(9-7-13)26-31(28)29)25-19(27)11-14-4-3-5-17(22)20(14)23/h3-9,12,18,26H,2,10-11H2,1H3,(H,25,27)(H,28,29)/p-1/t18-/m0/s1. The van der Waals surface area contributed by atoms with Crippen LogP contribution in [0, 0.1) is 11.6 Å². The van der Waals surface area contributed by atoms with Crippen molar-refractivity contribution in [2.75, 3.05) is 4.72 Å². The molecule has 2 N–H and O–H groups in total. The van der Waals surface area contributed by atoms with E-state index in [0.29, 0.717) is 17.1 Å².